The Balaban J connectivity index is 2.00. The molecule has 1 amide bonds. The number of carbonyl (C=O) groups excluding carboxylic acids is 1. The molecule has 110 valence electrons. The molecule has 0 aromatic heterocycles. The molecule has 5 nitrogen and oxygen atoms in total. The van der Waals surface area contributed by atoms with Gasteiger partial charge < -0.3 is 11.1 Å². The number of carbonyl (C=O) groups is 1. The molecule has 2 rings (SSSR count). The molecule has 1 saturated heterocycles. The van der Waals surface area contributed by atoms with Gasteiger partial charge >= 0.3 is 0 Å². The first-order valence-electron chi connectivity index (χ1n) is 7.09. The summed E-state index contributed by atoms with van der Waals surface area (Å²) in [6.45, 7) is 1.82. The second kappa shape index (κ2) is 5.40. The molecule has 3 N–H and O–H groups in total. The molecule has 2 fully saturated rings. The summed E-state index contributed by atoms with van der Waals surface area (Å²) in [5, 5.41) is 2.94. The third kappa shape index (κ3) is 3.69. The maximum Gasteiger partial charge on any atom is 0.225 e. The zero-order chi connectivity index (χ0) is 14.1. The highest BCUT2D eigenvalue weighted by Crippen LogP contribution is 2.26. The SMILES string of the molecule is CC1(NC(=O)C2CCCCCC2N)CCS(=O)(=O)C1. The van der Waals surface area contributed by atoms with Crippen molar-refractivity contribution in [2.75, 3.05) is 11.5 Å². The molecular weight excluding hydrogens is 264 g/mol. The van der Waals surface area contributed by atoms with Gasteiger partial charge in [-0.3, -0.25) is 4.79 Å². The lowest BCUT2D eigenvalue weighted by Crippen LogP contribution is -2.52. The van der Waals surface area contributed by atoms with E-state index < -0.39 is 15.4 Å². The van der Waals surface area contributed by atoms with Crippen molar-refractivity contribution in [3.63, 3.8) is 0 Å². The van der Waals surface area contributed by atoms with E-state index >= 15 is 0 Å². The van der Waals surface area contributed by atoms with E-state index in [4.69, 9.17) is 5.73 Å². The van der Waals surface area contributed by atoms with Crippen LogP contribution in [0.15, 0.2) is 0 Å². The zero-order valence-electron chi connectivity index (χ0n) is 11.5. The minimum atomic E-state index is -3.00. The lowest BCUT2D eigenvalue weighted by Gasteiger charge is -2.28. The predicted octanol–water partition coefficient (Wildman–Crippen LogP) is 0.587. The first-order valence-corrected chi connectivity index (χ1v) is 8.92. The third-order valence-corrected chi connectivity index (χ3v) is 6.24. The van der Waals surface area contributed by atoms with Crippen LogP contribution in [0.1, 0.15) is 45.4 Å². The molecule has 0 aromatic rings. The summed E-state index contributed by atoms with van der Waals surface area (Å²) < 4.78 is 23.1. The van der Waals surface area contributed by atoms with Crippen LogP contribution in [-0.4, -0.2) is 37.4 Å². The van der Waals surface area contributed by atoms with E-state index in [9.17, 15) is 13.2 Å². The Morgan fingerprint density at radius 1 is 1.26 bits per heavy atom. The van der Waals surface area contributed by atoms with Gasteiger partial charge in [-0.25, -0.2) is 8.42 Å². The van der Waals surface area contributed by atoms with E-state index in [0.29, 0.717) is 6.42 Å². The highest BCUT2D eigenvalue weighted by molar-refractivity contribution is 7.91. The molecule has 1 saturated carbocycles. The maximum absolute atomic E-state index is 12.3. The van der Waals surface area contributed by atoms with Gasteiger partial charge in [-0.1, -0.05) is 19.3 Å². The lowest BCUT2D eigenvalue weighted by molar-refractivity contribution is -0.127. The molecule has 19 heavy (non-hydrogen) atoms. The van der Waals surface area contributed by atoms with Crippen molar-refractivity contribution in [1.82, 2.24) is 5.32 Å². The fourth-order valence-electron chi connectivity index (χ4n) is 3.16. The number of nitrogens with one attached hydrogen (secondary N) is 1. The summed E-state index contributed by atoms with van der Waals surface area (Å²) in [6.07, 6.45) is 5.44. The van der Waals surface area contributed by atoms with Crippen molar-refractivity contribution in [3.8, 4) is 0 Å². The van der Waals surface area contributed by atoms with E-state index in [1.165, 1.54) is 0 Å². The second-order valence-corrected chi connectivity index (χ2v) is 8.48. The second-order valence-electron chi connectivity index (χ2n) is 6.30. The highest BCUT2D eigenvalue weighted by atomic mass is 32.2. The van der Waals surface area contributed by atoms with Gasteiger partial charge in [0, 0.05) is 6.04 Å². The van der Waals surface area contributed by atoms with Crippen LogP contribution in [0, 0.1) is 5.92 Å². The Hall–Kier alpha value is -0.620. The van der Waals surface area contributed by atoms with Crippen LogP contribution in [0.2, 0.25) is 0 Å². The number of sulfone groups is 1. The zero-order valence-corrected chi connectivity index (χ0v) is 12.3. The van der Waals surface area contributed by atoms with Crippen LogP contribution in [0.5, 0.6) is 0 Å². The van der Waals surface area contributed by atoms with Crippen LogP contribution >= 0.6 is 0 Å². The number of hydrogen-bond donors (Lipinski definition) is 2. The summed E-state index contributed by atoms with van der Waals surface area (Å²) in [5.41, 5.74) is 5.46. The standard InChI is InChI=1S/C13H24N2O3S/c1-13(7-8-19(17,18)9-13)15-12(16)10-5-3-2-4-6-11(10)14/h10-11H,2-9,14H2,1H3,(H,15,16). The van der Waals surface area contributed by atoms with Crippen LogP contribution in [-0.2, 0) is 14.6 Å². The highest BCUT2D eigenvalue weighted by Gasteiger charge is 2.41. The molecule has 1 heterocycles. The fraction of sp³-hybridized carbons (Fsp3) is 0.923. The Bertz CT molecular complexity index is 449. The Morgan fingerprint density at radius 3 is 2.58 bits per heavy atom. The first-order chi connectivity index (χ1) is 8.81. The van der Waals surface area contributed by atoms with Crippen LogP contribution in [0.25, 0.3) is 0 Å². The van der Waals surface area contributed by atoms with Crippen molar-refractivity contribution in [2.45, 2.75) is 57.0 Å². The van der Waals surface area contributed by atoms with Gasteiger partial charge in [-0.2, -0.15) is 0 Å². The van der Waals surface area contributed by atoms with Crippen LogP contribution < -0.4 is 11.1 Å². The van der Waals surface area contributed by atoms with Crippen LogP contribution in [0.4, 0.5) is 0 Å². The minimum absolute atomic E-state index is 0.0493. The van der Waals surface area contributed by atoms with Gasteiger partial charge in [0.1, 0.15) is 0 Å². The average Bonchev–Trinajstić information content (AvgIpc) is 2.48. The molecule has 3 unspecified atom stereocenters. The minimum Gasteiger partial charge on any atom is -0.350 e. The molecule has 0 spiro atoms. The molecule has 2 aliphatic rings. The Labute approximate surface area is 115 Å². The van der Waals surface area contributed by atoms with Gasteiger partial charge in [0.05, 0.1) is 23.0 Å². The summed E-state index contributed by atoms with van der Waals surface area (Å²) in [4.78, 5) is 12.3. The van der Waals surface area contributed by atoms with E-state index in [0.717, 1.165) is 32.1 Å². The van der Waals surface area contributed by atoms with E-state index in [-0.39, 0.29) is 29.4 Å². The predicted molar refractivity (Wildman–Crippen MR) is 74.4 cm³/mol. The molecule has 1 aliphatic carbocycles. The normalized spacial score (nSPS) is 38.6. The largest absolute Gasteiger partial charge is 0.350 e. The van der Waals surface area contributed by atoms with Gasteiger partial charge in [0.2, 0.25) is 5.91 Å². The van der Waals surface area contributed by atoms with Crippen molar-refractivity contribution in [1.29, 1.82) is 0 Å². The molecule has 1 aliphatic heterocycles. The number of amides is 1. The number of hydrogen-bond acceptors (Lipinski definition) is 4. The summed E-state index contributed by atoms with van der Waals surface area (Å²) in [5.74, 6) is -0.00888. The fourth-order valence-corrected chi connectivity index (χ4v) is 5.25. The van der Waals surface area contributed by atoms with Gasteiger partial charge in [-0.05, 0) is 26.2 Å². The molecule has 0 aromatic carbocycles. The molecule has 0 bridgehead atoms. The summed E-state index contributed by atoms with van der Waals surface area (Å²) in [7, 11) is -3.00. The van der Waals surface area contributed by atoms with Crippen molar-refractivity contribution in [2.24, 2.45) is 11.7 Å². The number of rotatable bonds is 2. The van der Waals surface area contributed by atoms with Crippen LogP contribution in [0.3, 0.4) is 0 Å². The number of nitrogens with two attached hydrogens (primary N) is 1. The summed E-state index contributed by atoms with van der Waals surface area (Å²) >= 11 is 0. The third-order valence-electron chi connectivity index (χ3n) is 4.33. The Kier molecular flexibility index (Phi) is 4.20. The quantitative estimate of drug-likeness (QED) is 0.728. The van der Waals surface area contributed by atoms with Crippen molar-refractivity contribution in [3.05, 3.63) is 0 Å². The average molecular weight is 288 g/mol. The smallest absolute Gasteiger partial charge is 0.225 e. The van der Waals surface area contributed by atoms with Crippen molar-refractivity contribution < 1.29 is 13.2 Å². The molecule has 3 atom stereocenters. The maximum atomic E-state index is 12.3. The monoisotopic (exact) mass is 288 g/mol. The topological polar surface area (TPSA) is 89.3 Å². The van der Waals surface area contributed by atoms with Crippen molar-refractivity contribution >= 4 is 15.7 Å². The first kappa shape index (κ1) is 14.8. The van der Waals surface area contributed by atoms with E-state index in [1.54, 1.807) is 0 Å². The van der Waals surface area contributed by atoms with Gasteiger partial charge in [-0.15, -0.1) is 0 Å². The molecular formula is C13H24N2O3S. The van der Waals surface area contributed by atoms with Gasteiger partial charge in [0.15, 0.2) is 9.84 Å². The van der Waals surface area contributed by atoms with Gasteiger partial charge in [0.25, 0.3) is 0 Å². The Morgan fingerprint density at radius 2 is 1.95 bits per heavy atom. The lowest BCUT2D eigenvalue weighted by atomic mass is 9.92. The molecule has 0 radical (unpaired) electrons. The summed E-state index contributed by atoms with van der Waals surface area (Å²) in [6, 6.07) is -0.0934. The van der Waals surface area contributed by atoms with E-state index in [2.05, 4.69) is 5.32 Å². The van der Waals surface area contributed by atoms with E-state index in [1.807, 2.05) is 6.92 Å². The molecule has 6 heteroatoms.